The predicted molar refractivity (Wildman–Crippen MR) is 52.3 cm³/mol. The minimum absolute atomic E-state index is 0.00267. The average molecular weight is 228 g/mol. The van der Waals surface area contributed by atoms with Crippen LogP contribution in [0.5, 0.6) is 0 Å². The molecule has 0 aliphatic carbocycles. The predicted octanol–water partition coefficient (Wildman–Crippen LogP) is 3.42. The van der Waals surface area contributed by atoms with Crippen molar-refractivity contribution in [2.45, 2.75) is 6.18 Å². The molecule has 16 heavy (non-hydrogen) atoms. The van der Waals surface area contributed by atoms with E-state index >= 15 is 0 Å². The van der Waals surface area contributed by atoms with Crippen molar-refractivity contribution in [1.29, 1.82) is 0 Å². The molecule has 0 fully saturated rings. The molecule has 0 radical (unpaired) electrons. The van der Waals surface area contributed by atoms with Crippen LogP contribution < -0.4 is 0 Å². The molecule has 1 aromatic rings. The molecule has 0 N–H and O–H groups in total. The summed E-state index contributed by atoms with van der Waals surface area (Å²) in [5.41, 5.74) is 6.98. The van der Waals surface area contributed by atoms with Gasteiger partial charge in [-0.25, -0.2) is 0 Å². The first-order chi connectivity index (χ1) is 7.55. The Morgan fingerprint density at radius 1 is 1.50 bits per heavy atom. The molecule has 84 valence electrons. The Kier molecular flexibility index (Phi) is 3.90. The summed E-state index contributed by atoms with van der Waals surface area (Å²) in [6.07, 6.45) is -0.844. The zero-order valence-electron chi connectivity index (χ0n) is 8.02. The highest BCUT2D eigenvalue weighted by Gasteiger charge is 2.34. The van der Waals surface area contributed by atoms with Gasteiger partial charge in [-0.3, -0.25) is 4.98 Å². The molecule has 0 spiro atoms. The van der Waals surface area contributed by atoms with Gasteiger partial charge >= 0.3 is 6.18 Å². The van der Waals surface area contributed by atoms with Crippen LogP contribution in [-0.2, 0) is 6.18 Å². The Hall–Kier alpha value is -2.01. The van der Waals surface area contributed by atoms with E-state index in [-0.39, 0.29) is 12.1 Å². The largest absolute Gasteiger partial charge is 0.433 e. The highest BCUT2D eigenvalue weighted by Crippen LogP contribution is 2.30. The highest BCUT2D eigenvalue weighted by atomic mass is 19.4. The fraction of sp³-hybridized carbons (Fsp3) is 0.222. The first-order valence-corrected chi connectivity index (χ1v) is 4.25. The molecule has 0 aliphatic heterocycles. The molecule has 1 rings (SSSR count). The molecule has 0 bridgehead atoms. The van der Waals surface area contributed by atoms with Gasteiger partial charge in [-0.1, -0.05) is 23.3 Å². The molecular weight excluding hydrogens is 221 g/mol. The Labute approximate surface area is 89.1 Å². The Morgan fingerprint density at radius 2 is 2.25 bits per heavy atom. The van der Waals surface area contributed by atoms with Gasteiger partial charge < -0.3 is 0 Å². The molecule has 0 amide bonds. The van der Waals surface area contributed by atoms with Gasteiger partial charge in [-0.2, -0.15) is 13.2 Å². The van der Waals surface area contributed by atoms with Gasteiger partial charge in [0, 0.05) is 23.2 Å². The monoisotopic (exact) mass is 228 g/mol. The number of rotatable bonds is 3. The van der Waals surface area contributed by atoms with Crippen LogP contribution >= 0.6 is 0 Å². The van der Waals surface area contributed by atoms with E-state index in [4.69, 9.17) is 5.53 Å². The third kappa shape index (κ3) is 3.29. The van der Waals surface area contributed by atoms with Gasteiger partial charge in [0.05, 0.1) is 0 Å². The van der Waals surface area contributed by atoms with Crippen LogP contribution in [0.15, 0.2) is 29.5 Å². The van der Waals surface area contributed by atoms with Crippen molar-refractivity contribution in [2.75, 3.05) is 6.54 Å². The topological polar surface area (TPSA) is 61.7 Å². The molecule has 1 aromatic heterocycles. The van der Waals surface area contributed by atoms with Crippen molar-refractivity contribution in [3.8, 4) is 0 Å². The zero-order valence-corrected chi connectivity index (χ0v) is 8.02. The van der Waals surface area contributed by atoms with E-state index in [1.54, 1.807) is 0 Å². The molecule has 0 aromatic carbocycles. The van der Waals surface area contributed by atoms with E-state index in [0.717, 1.165) is 6.20 Å². The molecule has 0 unspecified atom stereocenters. The summed E-state index contributed by atoms with van der Waals surface area (Å²) in [4.78, 5) is 5.74. The highest BCUT2D eigenvalue weighted by molar-refractivity contribution is 5.52. The van der Waals surface area contributed by atoms with E-state index in [1.807, 2.05) is 0 Å². The number of hydrogen-bond acceptors (Lipinski definition) is 2. The smallest absolute Gasteiger partial charge is 0.251 e. The lowest BCUT2D eigenvalue weighted by atomic mass is 10.1. The zero-order chi connectivity index (χ0) is 12.0. The first-order valence-electron chi connectivity index (χ1n) is 4.25. The SMILES string of the molecule is [N-]=[N+]=NCC=Cc1cccnc1C(F)(F)F. The summed E-state index contributed by atoms with van der Waals surface area (Å²) < 4.78 is 37.3. The van der Waals surface area contributed by atoms with Crippen molar-refractivity contribution in [3.63, 3.8) is 0 Å². The second kappa shape index (κ2) is 5.18. The number of hydrogen-bond donors (Lipinski definition) is 0. The van der Waals surface area contributed by atoms with Crippen molar-refractivity contribution in [1.82, 2.24) is 4.98 Å². The van der Waals surface area contributed by atoms with E-state index in [2.05, 4.69) is 15.0 Å². The van der Waals surface area contributed by atoms with Gasteiger partial charge in [0.15, 0.2) is 5.69 Å². The van der Waals surface area contributed by atoms with E-state index in [9.17, 15) is 13.2 Å². The molecule has 0 aliphatic rings. The van der Waals surface area contributed by atoms with Crippen LogP contribution in [0.3, 0.4) is 0 Å². The van der Waals surface area contributed by atoms with Crippen LogP contribution in [0.25, 0.3) is 16.5 Å². The van der Waals surface area contributed by atoms with Crippen molar-refractivity contribution in [3.05, 3.63) is 46.1 Å². The average Bonchev–Trinajstić information content (AvgIpc) is 2.24. The lowest BCUT2D eigenvalue weighted by molar-refractivity contribution is -0.141. The summed E-state index contributed by atoms with van der Waals surface area (Å²) in [7, 11) is 0. The van der Waals surface area contributed by atoms with E-state index in [0.29, 0.717) is 0 Å². The maximum absolute atomic E-state index is 12.4. The van der Waals surface area contributed by atoms with Gasteiger partial charge in [-0.05, 0) is 11.6 Å². The van der Waals surface area contributed by atoms with Crippen LogP contribution in [-0.4, -0.2) is 11.5 Å². The first kappa shape index (κ1) is 12.1. The van der Waals surface area contributed by atoms with Crippen LogP contribution in [0.4, 0.5) is 13.2 Å². The van der Waals surface area contributed by atoms with Crippen LogP contribution in [0, 0.1) is 0 Å². The van der Waals surface area contributed by atoms with Gasteiger partial charge in [0.25, 0.3) is 0 Å². The quantitative estimate of drug-likeness (QED) is 0.444. The van der Waals surface area contributed by atoms with Crippen LogP contribution in [0.2, 0.25) is 0 Å². The van der Waals surface area contributed by atoms with Crippen molar-refractivity contribution >= 4 is 6.08 Å². The second-order valence-electron chi connectivity index (χ2n) is 2.75. The third-order valence-electron chi connectivity index (χ3n) is 1.66. The molecular formula is C9H7F3N4. The van der Waals surface area contributed by atoms with Gasteiger partial charge in [-0.15, -0.1) is 0 Å². The molecule has 4 nitrogen and oxygen atoms in total. The summed E-state index contributed by atoms with van der Waals surface area (Å²) in [5.74, 6) is 0. The Balaban J connectivity index is 2.96. The molecule has 7 heteroatoms. The maximum atomic E-state index is 12.4. The number of alkyl halides is 3. The van der Waals surface area contributed by atoms with Crippen molar-refractivity contribution < 1.29 is 13.2 Å². The Morgan fingerprint density at radius 3 is 2.88 bits per heavy atom. The maximum Gasteiger partial charge on any atom is 0.433 e. The minimum atomic E-state index is -4.49. The van der Waals surface area contributed by atoms with Gasteiger partial charge in [0.2, 0.25) is 0 Å². The minimum Gasteiger partial charge on any atom is -0.251 e. The summed E-state index contributed by atoms with van der Waals surface area (Å²) in [6, 6.07) is 2.70. The van der Waals surface area contributed by atoms with E-state index < -0.39 is 11.9 Å². The number of pyridine rings is 1. The summed E-state index contributed by atoms with van der Waals surface area (Å²) in [6.45, 7) is 0.00267. The fourth-order valence-electron chi connectivity index (χ4n) is 1.05. The lowest BCUT2D eigenvalue weighted by Gasteiger charge is -2.07. The summed E-state index contributed by atoms with van der Waals surface area (Å²) in [5, 5.41) is 3.17. The van der Waals surface area contributed by atoms with Gasteiger partial charge in [0.1, 0.15) is 0 Å². The third-order valence-corrected chi connectivity index (χ3v) is 1.66. The second-order valence-corrected chi connectivity index (χ2v) is 2.75. The molecule has 0 saturated carbocycles. The number of halogens is 3. The number of nitrogens with zero attached hydrogens (tertiary/aromatic N) is 4. The molecule has 0 saturated heterocycles. The fourth-order valence-corrected chi connectivity index (χ4v) is 1.05. The number of azide groups is 1. The normalized spacial score (nSPS) is 11.4. The molecule has 0 atom stereocenters. The lowest BCUT2D eigenvalue weighted by Crippen LogP contribution is -2.09. The van der Waals surface area contributed by atoms with Crippen LogP contribution in [0.1, 0.15) is 11.3 Å². The van der Waals surface area contributed by atoms with Crippen molar-refractivity contribution in [2.24, 2.45) is 5.11 Å². The number of aromatic nitrogens is 1. The summed E-state index contributed by atoms with van der Waals surface area (Å²) >= 11 is 0. The standard InChI is InChI=1S/C9H7F3N4/c10-9(11,12)8-7(3-1-5-14-8)4-2-6-15-16-13/h1-5H,6H2. The Bertz CT molecular complexity index is 433. The molecule has 1 heterocycles. The van der Waals surface area contributed by atoms with E-state index in [1.165, 1.54) is 24.3 Å².